The van der Waals surface area contributed by atoms with Gasteiger partial charge in [-0.25, -0.2) is 4.18 Å². The molecule has 0 spiro atoms. The second kappa shape index (κ2) is 24.3. The summed E-state index contributed by atoms with van der Waals surface area (Å²) in [4.78, 5) is 11.7. The predicted octanol–water partition coefficient (Wildman–Crippen LogP) is 3.34. The minimum absolute atomic E-state index is 0.0333. The molecule has 1 N–H and O–H groups in total. The van der Waals surface area contributed by atoms with Crippen LogP contribution in [0.15, 0.2) is 0 Å². The molecular formula is C22H44O10S. The van der Waals surface area contributed by atoms with E-state index in [0.717, 1.165) is 12.8 Å². The van der Waals surface area contributed by atoms with Gasteiger partial charge >= 0.3 is 16.4 Å². The zero-order valence-electron chi connectivity index (χ0n) is 20.2. The number of ether oxygens (including phenoxy) is 5. The highest BCUT2D eigenvalue weighted by molar-refractivity contribution is 7.80. The third-order valence-corrected chi connectivity index (χ3v) is 5.02. The zero-order valence-corrected chi connectivity index (χ0v) is 21.0. The Labute approximate surface area is 199 Å². The van der Waals surface area contributed by atoms with Crippen LogP contribution in [0.5, 0.6) is 0 Å². The van der Waals surface area contributed by atoms with E-state index in [2.05, 4.69) is 11.1 Å². The SMILES string of the molecule is CCCCCCCCCCCC(=O)OCCOCCOCCOCCOCCOS(=O)(=O)O. The molecule has 0 aliphatic carbocycles. The number of hydrogen-bond donors (Lipinski definition) is 1. The molecule has 0 heterocycles. The van der Waals surface area contributed by atoms with Crippen molar-refractivity contribution < 1.29 is 45.6 Å². The Morgan fingerprint density at radius 2 is 1.00 bits per heavy atom. The van der Waals surface area contributed by atoms with Crippen LogP contribution in [-0.2, 0) is 43.1 Å². The fourth-order valence-corrected chi connectivity index (χ4v) is 3.11. The predicted molar refractivity (Wildman–Crippen MR) is 124 cm³/mol. The van der Waals surface area contributed by atoms with Gasteiger partial charge in [0.05, 0.1) is 59.5 Å². The summed E-state index contributed by atoms with van der Waals surface area (Å²) in [5.41, 5.74) is 0. The first-order valence-corrected chi connectivity index (χ1v) is 13.4. The van der Waals surface area contributed by atoms with Gasteiger partial charge in [-0.2, -0.15) is 8.42 Å². The summed E-state index contributed by atoms with van der Waals surface area (Å²) in [6.45, 7) is 4.84. The van der Waals surface area contributed by atoms with E-state index in [4.69, 9.17) is 28.2 Å². The summed E-state index contributed by atoms with van der Waals surface area (Å²) >= 11 is 0. The van der Waals surface area contributed by atoms with Crippen molar-refractivity contribution in [3.63, 3.8) is 0 Å². The van der Waals surface area contributed by atoms with Crippen molar-refractivity contribution in [2.24, 2.45) is 0 Å². The van der Waals surface area contributed by atoms with Crippen LogP contribution in [0.1, 0.15) is 71.1 Å². The highest BCUT2D eigenvalue weighted by Crippen LogP contribution is 2.10. The van der Waals surface area contributed by atoms with Crippen LogP contribution in [0.3, 0.4) is 0 Å². The lowest BCUT2D eigenvalue weighted by molar-refractivity contribution is -0.145. The molecule has 10 nitrogen and oxygen atoms in total. The van der Waals surface area contributed by atoms with Gasteiger partial charge in [-0.05, 0) is 6.42 Å². The van der Waals surface area contributed by atoms with Gasteiger partial charge in [0.2, 0.25) is 0 Å². The standard InChI is InChI=1S/C22H44O10S/c1-2-3-4-5-6-7-8-9-10-11-22(23)31-20-18-29-16-14-27-12-13-28-15-17-30-19-21-32-33(24,25)26/h2-21H2,1H3,(H,24,25,26). The van der Waals surface area contributed by atoms with E-state index < -0.39 is 10.4 Å². The van der Waals surface area contributed by atoms with Gasteiger partial charge in [-0.1, -0.05) is 58.3 Å². The molecule has 0 radical (unpaired) electrons. The first-order valence-electron chi connectivity index (χ1n) is 12.0. The molecular weight excluding hydrogens is 456 g/mol. The van der Waals surface area contributed by atoms with Crippen LogP contribution >= 0.6 is 0 Å². The highest BCUT2D eigenvalue weighted by Gasteiger charge is 2.03. The molecule has 0 aromatic carbocycles. The Bertz CT molecular complexity index is 527. The van der Waals surface area contributed by atoms with Crippen LogP contribution in [0, 0.1) is 0 Å². The van der Waals surface area contributed by atoms with Gasteiger partial charge in [0.1, 0.15) is 6.61 Å². The van der Waals surface area contributed by atoms with Gasteiger partial charge in [-0.15, -0.1) is 0 Å². The van der Waals surface area contributed by atoms with E-state index >= 15 is 0 Å². The molecule has 0 bridgehead atoms. The molecule has 33 heavy (non-hydrogen) atoms. The molecule has 0 saturated carbocycles. The molecule has 0 amide bonds. The number of carbonyl (C=O) groups excluding carboxylic acids is 1. The fraction of sp³-hybridized carbons (Fsp3) is 0.955. The second-order valence-corrected chi connectivity index (χ2v) is 8.59. The van der Waals surface area contributed by atoms with E-state index in [0.29, 0.717) is 46.1 Å². The van der Waals surface area contributed by atoms with Crippen molar-refractivity contribution in [2.45, 2.75) is 71.1 Å². The largest absolute Gasteiger partial charge is 0.463 e. The van der Waals surface area contributed by atoms with E-state index in [1.165, 1.54) is 44.9 Å². The van der Waals surface area contributed by atoms with Crippen LogP contribution < -0.4 is 0 Å². The van der Waals surface area contributed by atoms with E-state index in [1.54, 1.807) is 0 Å². The molecule has 0 atom stereocenters. The Kier molecular flexibility index (Phi) is 23.7. The molecule has 0 rings (SSSR count). The molecule has 198 valence electrons. The molecule has 0 fully saturated rings. The number of carbonyl (C=O) groups is 1. The number of unbranched alkanes of at least 4 members (excludes halogenated alkanes) is 8. The lowest BCUT2D eigenvalue weighted by atomic mass is 10.1. The Morgan fingerprint density at radius 1 is 0.606 bits per heavy atom. The first kappa shape index (κ1) is 32.2. The van der Waals surface area contributed by atoms with Crippen molar-refractivity contribution in [3.8, 4) is 0 Å². The smallest absolute Gasteiger partial charge is 0.397 e. The molecule has 0 unspecified atom stereocenters. The van der Waals surface area contributed by atoms with Crippen LogP contribution in [-0.4, -0.2) is 85.0 Å². The maximum atomic E-state index is 11.7. The maximum absolute atomic E-state index is 11.7. The normalized spacial score (nSPS) is 11.7. The van der Waals surface area contributed by atoms with Crippen molar-refractivity contribution in [1.82, 2.24) is 0 Å². The first-order chi connectivity index (χ1) is 16.0. The third kappa shape index (κ3) is 29.1. The molecule has 0 aliphatic rings. The molecule has 0 aliphatic heterocycles. The topological polar surface area (TPSA) is 127 Å². The van der Waals surface area contributed by atoms with Crippen molar-refractivity contribution >= 4 is 16.4 Å². The quantitative estimate of drug-likeness (QED) is 0.107. The number of hydrogen-bond acceptors (Lipinski definition) is 9. The van der Waals surface area contributed by atoms with Gasteiger partial charge in [0.15, 0.2) is 0 Å². The third-order valence-electron chi connectivity index (χ3n) is 4.55. The second-order valence-electron chi connectivity index (χ2n) is 7.50. The van der Waals surface area contributed by atoms with E-state index in [1.807, 2.05) is 0 Å². The van der Waals surface area contributed by atoms with E-state index in [-0.39, 0.29) is 32.4 Å². The fourth-order valence-electron chi connectivity index (χ4n) is 2.83. The van der Waals surface area contributed by atoms with E-state index in [9.17, 15) is 13.2 Å². The molecule has 11 heteroatoms. The zero-order chi connectivity index (χ0) is 24.5. The minimum atomic E-state index is -4.42. The summed E-state index contributed by atoms with van der Waals surface area (Å²) in [7, 11) is -4.42. The summed E-state index contributed by atoms with van der Waals surface area (Å²) < 4.78 is 59.2. The van der Waals surface area contributed by atoms with Crippen LogP contribution in [0.4, 0.5) is 0 Å². The minimum Gasteiger partial charge on any atom is -0.463 e. The lowest BCUT2D eigenvalue weighted by Gasteiger charge is -2.08. The number of rotatable bonds is 26. The molecule has 0 saturated heterocycles. The summed E-state index contributed by atoms with van der Waals surface area (Å²) in [6, 6.07) is 0. The average Bonchev–Trinajstić information content (AvgIpc) is 2.77. The van der Waals surface area contributed by atoms with Gasteiger partial charge in [-0.3, -0.25) is 9.35 Å². The molecule has 0 aromatic heterocycles. The maximum Gasteiger partial charge on any atom is 0.397 e. The summed E-state index contributed by atoms with van der Waals surface area (Å²) in [5.74, 6) is -0.162. The monoisotopic (exact) mass is 500 g/mol. The van der Waals surface area contributed by atoms with Crippen molar-refractivity contribution in [3.05, 3.63) is 0 Å². The Hall–Kier alpha value is -0.820. The van der Waals surface area contributed by atoms with Crippen molar-refractivity contribution in [1.29, 1.82) is 0 Å². The Balaban J connectivity index is 3.17. The lowest BCUT2D eigenvalue weighted by Crippen LogP contribution is -2.15. The average molecular weight is 501 g/mol. The van der Waals surface area contributed by atoms with Crippen molar-refractivity contribution in [2.75, 3.05) is 66.1 Å². The van der Waals surface area contributed by atoms with Gasteiger partial charge in [0, 0.05) is 6.42 Å². The molecule has 0 aromatic rings. The summed E-state index contributed by atoms with van der Waals surface area (Å²) in [5, 5.41) is 0. The summed E-state index contributed by atoms with van der Waals surface area (Å²) in [6.07, 6.45) is 11.5. The van der Waals surface area contributed by atoms with Gasteiger partial charge < -0.3 is 23.7 Å². The highest BCUT2D eigenvalue weighted by atomic mass is 32.3. The number of esters is 1. The Morgan fingerprint density at radius 3 is 1.45 bits per heavy atom. The van der Waals surface area contributed by atoms with Crippen LogP contribution in [0.2, 0.25) is 0 Å². The van der Waals surface area contributed by atoms with Gasteiger partial charge in [0.25, 0.3) is 0 Å². The van der Waals surface area contributed by atoms with Crippen LogP contribution in [0.25, 0.3) is 0 Å².